The van der Waals surface area contributed by atoms with Crippen LogP contribution in [0.1, 0.15) is 41.5 Å². The lowest BCUT2D eigenvalue weighted by molar-refractivity contribution is -0.119. The number of piperazine rings is 1. The maximum Gasteiger partial charge on any atom is 0.272 e. The molecule has 1 aromatic carbocycles. The molecule has 3 rings (SSSR count). The van der Waals surface area contributed by atoms with Crippen molar-refractivity contribution in [3.8, 4) is 0 Å². The standard InChI is InChI=1S/C20H25N5O2/c1-14(2)16-4-6-17(7-5-16)22-20-21-15(3)12-18(23-20)19(27)25-10-8-24(13-26)9-11-25/h4-7,12-14H,8-11H2,1-3H3,(H,21,22,23). The topological polar surface area (TPSA) is 78.4 Å². The van der Waals surface area contributed by atoms with Crippen molar-refractivity contribution in [2.24, 2.45) is 0 Å². The van der Waals surface area contributed by atoms with Gasteiger partial charge in [0, 0.05) is 37.6 Å². The van der Waals surface area contributed by atoms with Gasteiger partial charge in [-0.05, 0) is 36.6 Å². The van der Waals surface area contributed by atoms with Gasteiger partial charge in [0.2, 0.25) is 12.4 Å². The summed E-state index contributed by atoms with van der Waals surface area (Å²) in [5, 5.41) is 3.18. The third-order valence-corrected chi connectivity index (χ3v) is 4.66. The van der Waals surface area contributed by atoms with E-state index in [4.69, 9.17) is 0 Å². The minimum atomic E-state index is -0.135. The highest BCUT2D eigenvalue weighted by Gasteiger charge is 2.23. The molecule has 2 amide bonds. The van der Waals surface area contributed by atoms with Crippen molar-refractivity contribution in [2.45, 2.75) is 26.7 Å². The number of nitrogens with zero attached hydrogens (tertiary/aromatic N) is 4. The lowest BCUT2D eigenvalue weighted by Gasteiger charge is -2.32. The van der Waals surface area contributed by atoms with Gasteiger partial charge in [-0.3, -0.25) is 9.59 Å². The average Bonchev–Trinajstić information content (AvgIpc) is 2.67. The Morgan fingerprint density at radius 1 is 1.11 bits per heavy atom. The number of nitrogens with one attached hydrogen (secondary N) is 1. The van der Waals surface area contributed by atoms with Crippen LogP contribution in [0.2, 0.25) is 0 Å². The maximum atomic E-state index is 12.8. The Hall–Kier alpha value is -2.96. The van der Waals surface area contributed by atoms with Crippen LogP contribution in [0.5, 0.6) is 0 Å². The number of rotatable bonds is 5. The summed E-state index contributed by atoms with van der Waals surface area (Å²) in [6.45, 7) is 8.27. The number of aryl methyl sites for hydroxylation is 1. The van der Waals surface area contributed by atoms with Gasteiger partial charge in [-0.25, -0.2) is 9.97 Å². The molecule has 1 aliphatic heterocycles. The van der Waals surface area contributed by atoms with Gasteiger partial charge in [-0.15, -0.1) is 0 Å². The van der Waals surface area contributed by atoms with Crippen molar-refractivity contribution in [2.75, 3.05) is 31.5 Å². The molecule has 0 radical (unpaired) electrons. The van der Waals surface area contributed by atoms with Crippen LogP contribution < -0.4 is 5.32 Å². The van der Waals surface area contributed by atoms with Crippen molar-refractivity contribution >= 4 is 24.0 Å². The van der Waals surface area contributed by atoms with E-state index in [1.165, 1.54) is 5.56 Å². The first kappa shape index (κ1) is 18.8. The average molecular weight is 367 g/mol. The van der Waals surface area contributed by atoms with Gasteiger partial charge in [0.15, 0.2) is 0 Å². The lowest BCUT2D eigenvalue weighted by atomic mass is 10.0. The second kappa shape index (κ2) is 8.16. The highest BCUT2D eigenvalue weighted by Crippen LogP contribution is 2.19. The minimum absolute atomic E-state index is 0.135. The molecule has 2 heterocycles. The molecule has 7 nitrogen and oxygen atoms in total. The van der Waals surface area contributed by atoms with Gasteiger partial charge in [-0.1, -0.05) is 26.0 Å². The van der Waals surface area contributed by atoms with Crippen LogP contribution in [0, 0.1) is 6.92 Å². The van der Waals surface area contributed by atoms with Crippen LogP contribution in [0.15, 0.2) is 30.3 Å². The zero-order valence-electron chi connectivity index (χ0n) is 16.0. The van der Waals surface area contributed by atoms with Gasteiger partial charge >= 0.3 is 0 Å². The molecule has 1 N–H and O–H groups in total. The fourth-order valence-electron chi connectivity index (χ4n) is 3.01. The zero-order valence-corrected chi connectivity index (χ0v) is 16.0. The summed E-state index contributed by atoms with van der Waals surface area (Å²) in [5.74, 6) is 0.740. The van der Waals surface area contributed by atoms with E-state index in [-0.39, 0.29) is 5.91 Å². The summed E-state index contributed by atoms with van der Waals surface area (Å²) < 4.78 is 0. The fraction of sp³-hybridized carbons (Fsp3) is 0.400. The zero-order chi connectivity index (χ0) is 19.4. The molecule has 1 fully saturated rings. The first-order chi connectivity index (χ1) is 13.0. The van der Waals surface area contributed by atoms with Crippen LogP contribution in [-0.2, 0) is 4.79 Å². The van der Waals surface area contributed by atoms with E-state index >= 15 is 0 Å². The summed E-state index contributed by atoms with van der Waals surface area (Å²) >= 11 is 0. The predicted octanol–water partition coefficient (Wildman–Crippen LogP) is 2.57. The molecule has 0 atom stereocenters. The van der Waals surface area contributed by atoms with Gasteiger partial charge in [-0.2, -0.15) is 0 Å². The fourth-order valence-corrected chi connectivity index (χ4v) is 3.01. The quantitative estimate of drug-likeness (QED) is 0.822. The molecule has 27 heavy (non-hydrogen) atoms. The molecule has 0 spiro atoms. The number of carbonyl (C=O) groups excluding carboxylic acids is 2. The first-order valence-corrected chi connectivity index (χ1v) is 9.17. The third kappa shape index (κ3) is 4.61. The number of hydrogen-bond donors (Lipinski definition) is 1. The van der Waals surface area contributed by atoms with E-state index in [2.05, 4.69) is 41.3 Å². The number of benzene rings is 1. The van der Waals surface area contributed by atoms with Gasteiger partial charge in [0.05, 0.1) is 0 Å². The summed E-state index contributed by atoms with van der Waals surface area (Å²) in [7, 11) is 0. The molecule has 7 heteroatoms. The highest BCUT2D eigenvalue weighted by molar-refractivity contribution is 5.93. The van der Waals surface area contributed by atoms with Gasteiger partial charge in [0.1, 0.15) is 5.69 Å². The molecule has 1 aromatic heterocycles. The van der Waals surface area contributed by atoms with Gasteiger partial charge in [0.25, 0.3) is 5.91 Å². The Balaban J connectivity index is 1.74. The molecule has 1 saturated heterocycles. The van der Waals surface area contributed by atoms with Crippen LogP contribution in [0.25, 0.3) is 0 Å². The van der Waals surface area contributed by atoms with E-state index in [9.17, 15) is 9.59 Å². The summed E-state index contributed by atoms with van der Waals surface area (Å²) in [6.07, 6.45) is 0.823. The van der Waals surface area contributed by atoms with E-state index in [1.807, 2.05) is 19.1 Å². The van der Waals surface area contributed by atoms with Gasteiger partial charge < -0.3 is 15.1 Å². The third-order valence-electron chi connectivity index (χ3n) is 4.66. The van der Waals surface area contributed by atoms with E-state index in [1.54, 1.807) is 15.9 Å². The highest BCUT2D eigenvalue weighted by atomic mass is 16.2. The second-order valence-corrected chi connectivity index (χ2v) is 7.05. The Morgan fingerprint density at radius 2 is 1.78 bits per heavy atom. The first-order valence-electron chi connectivity index (χ1n) is 9.17. The number of carbonyl (C=O) groups is 2. The largest absolute Gasteiger partial charge is 0.342 e. The summed E-state index contributed by atoms with van der Waals surface area (Å²) in [6, 6.07) is 9.81. The number of hydrogen-bond acceptors (Lipinski definition) is 5. The van der Waals surface area contributed by atoms with Crippen molar-refractivity contribution in [3.05, 3.63) is 47.3 Å². The minimum Gasteiger partial charge on any atom is -0.342 e. The van der Waals surface area contributed by atoms with Crippen LogP contribution in [-0.4, -0.2) is 58.3 Å². The van der Waals surface area contributed by atoms with Crippen LogP contribution in [0.4, 0.5) is 11.6 Å². The Labute approximate surface area is 159 Å². The molecular weight excluding hydrogens is 342 g/mol. The molecule has 0 saturated carbocycles. The van der Waals surface area contributed by atoms with Crippen LogP contribution in [0.3, 0.4) is 0 Å². The summed E-state index contributed by atoms with van der Waals surface area (Å²) in [5.41, 5.74) is 3.23. The molecule has 1 aliphatic rings. The van der Waals surface area contributed by atoms with E-state index in [0.717, 1.165) is 17.8 Å². The SMILES string of the molecule is Cc1cc(C(=O)N2CCN(C=O)CC2)nc(Nc2ccc(C(C)C)cc2)n1. The van der Waals surface area contributed by atoms with Crippen LogP contribution >= 0.6 is 0 Å². The number of amides is 2. The number of aromatic nitrogens is 2. The molecular formula is C20H25N5O2. The molecule has 0 aliphatic carbocycles. The second-order valence-electron chi connectivity index (χ2n) is 7.05. The number of anilines is 2. The normalized spacial score (nSPS) is 14.4. The van der Waals surface area contributed by atoms with Crippen molar-refractivity contribution in [1.82, 2.24) is 19.8 Å². The van der Waals surface area contributed by atoms with Crippen molar-refractivity contribution in [1.29, 1.82) is 0 Å². The van der Waals surface area contributed by atoms with E-state index < -0.39 is 0 Å². The molecule has 2 aromatic rings. The predicted molar refractivity (Wildman–Crippen MR) is 104 cm³/mol. The van der Waals surface area contributed by atoms with E-state index in [0.29, 0.717) is 43.7 Å². The van der Waals surface area contributed by atoms with Crippen molar-refractivity contribution in [3.63, 3.8) is 0 Å². The molecule has 142 valence electrons. The monoisotopic (exact) mass is 367 g/mol. The molecule has 0 bridgehead atoms. The Morgan fingerprint density at radius 3 is 2.37 bits per heavy atom. The Bertz CT molecular complexity index is 812. The smallest absolute Gasteiger partial charge is 0.272 e. The maximum absolute atomic E-state index is 12.8. The van der Waals surface area contributed by atoms with Crippen molar-refractivity contribution < 1.29 is 9.59 Å². The summed E-state index contributed by atoms with van der Waals surface area (Å²) in [4.78, 5) is 35.8. The lowest BCUT2D eigenvalue weighted by Crippen LogP contribution is -2.48. The Kier molecular flexibility index (Phi) is 5.69. The molecule has 0 unspecified atom stereocenters.